The van der Waals surface area contributed by atoms with Crippen molar-refractivity contribution in [2.45, 2.75) is 33.2 Å². The van der Waals surface area contributed by atoms with E-state index in [-0.39, 0.29) is 11.6 Å². The van der Waals surface area contributed by atoms with Crippen molar-refractivity contribution in [2.75, 3.05) is 6.61 Å². The molecule has 0 unspecified atom stereocenters. The molecule has 0 aliphatic carbocycles. The van der Waals surface area contributed by atoms with Gasteiger partial charge in [-0.2, -0.15) is 4.99 Å². The molecule has 28 heavy (non-hydrogen) atoms. The summed E-state index contributed by atoms with van der Waals surface area (Å²) < 4.78 is 8.27. The Hall–Kier alpha value is -3.00. The number of aromatic nitrogens is 1. The van der Waals surface area contributed by atoms with E-state index in [9.17, 15) is 14.9 Å². The Morgan fingerprint density at radius 1 is 1.21 bits per heavy atom. The van der Waals surface area contributed by atoms with Crippen molar-refractivity contribution in [3.63, 3.8) is 0 Å². The van der Waals surface area contributed by atoms with Crippen LogP contribution in [0, 0.1) is 10.1 Å². The minimum atomic E-state index is -0.427. The predicted octanol–water partition coefficient (Wildman–Crippen LogP) is 4.55. The third-order valence-corrected chi connectivity index (χ3v) is 5.32. The van der Waals surface area contributed by atoms with Gasteiger partial charge in [0.25, 0.3) is 11.6 Å². The van der Waals surface area contributed by atoms with Crippen molar-refractivity contribution in [1.29, 1.82) is 0 Å². The monoisotopic (exact) mass is 399 g/mol. The van der Waals surface area contributed by atoms with Crippen LogP contribution in [-0.4, -0.2) is 22.0 Å². The summed E-state index contributed by atoms with van der Waals surface area (Å²) in [4.78, 5) is 28.0. The average Bonchev–Trinajstić information content (AvgIpc) is 3.04. The molecular formula is C20H21N3O4S. The van der Waals surface area contributed by atoms with Crippen LogP contribution < -0.4 is 9.54 Å². The molecule has 0 saturated carbocycles. The third-order valence-electron chi connectivity index (χ3n) is 4.26. The third kappa shape index (κ3) is 4.28. The van der Waals surface area contributed by atoms with Gasteiger partial charge in [-0.05, 0) is 43.7 Å². The molecule has 2 aromatic carbocycles. The topological polar surface area (TPSA) is 86.7 Å². The zero-order chi connectivity index (χ0) is 20.1. The highest BCUT2D eigenvalue weighted by Crippen LogP contribution is 2.23. The standard InChI is InChI=1S/C20H21N3O4S/c1-3-5-12-27-16-9-6-14(7-10-16)19(24)21-20-22(4-2)17-13-15(23(25)26)8-11-18(17)28-20/h6-11,13H,3-5,12H2,1-2H3. The molecule has 0 fully saturated rings. The minimum absolute atomic E-state index is 0.0176. The van der Waals surface area contributed by atoms with Gasteiger partial charge in [0.15, 0.2) is 4.80 Å². The zero-order valence-corrected chi connectivity index (χ0v) is 16.6. The van der Waals surface area contributed by atoms with Gasteiger partial charge in [0.05, 0.1) is 21.7 Å². The quantitative estimate of drug-likeness (QED) is 0.331. The van der Waals surface area contributed by atoms with Crippen LogP contribution in [0.4, 0.5) is 5.69 Å². The highest BCUT2D eigenvalue weighted by atomic mass is 32.1. The van der Waals surface area contributed by atoms with Crippen LogP contribution in [0.15, 0.2) is 47.5 Å². The van der Waals surface area contributed by atoms with E-state index in [2.05, 4.69) is 11.9 Å². The van der Waals surface area contributed by atoms with Crippen molar-refractivity contribution in [2.24, 2.45) is 4.99 Å². The lowest BCUT2D eigenvalue weighted by Crippen LogP contribution is -2.15. The molecule has 0 atom stereocenters. The number of aryl methyl sites for hydroxylation is 1. The molecule has 7 nitrogen and oxygen atoms in total. The van der Waals surface area contributed by atoms with Crippen molar-refractivity contribution >= 4 is 33.1 Å². The number of hydrogen-bond acceptors (Lipinski definition) is 5. The number of non-ortho nitro benzene ring substituents is 1. The molecule has 1 amide bonds. The second kappa shape index (κ2) is 8.79. The molecule has 3 aromatic rings. The number of ether oxygens (including phenoxy) is 1. The van der Waals surface area contributed by atoms with Gasteiger partial charge in [0.1, 0.15) is 5.75 Å². The summed E-state index contributed by atoms with van der Waals surface area (Å²) in [7, 11) is 0. The van der Waals surface area contributed by atoms with E-state index in [1.807, 2.05) is 11.5 Å². The number of thiazole rings is 1. The molecule has 0 bridgehead atoms. The van der Waals surface area contributed by atoms with E-state index < -0.39 is 4.92 Å². The lowest BCUT2D eigenvalue weighted by molar-refractivity contribution is -0.384. The molecule has 0 spiro atoms. The van der Waals surface area contributed by atoms with Crippen molar-refractivity contribution in [3.8, 4) is 5.75 Å². The highest BCUT2D eigenvalue weighted by Gasteiger charge is 2.12. The van der Waals surface area contributed by atoms with Crippen LogP contribution in [0.1, 0.15) is 37.0 Å². The summed E-state index contributed by atoms with van der Waals surface area (Å²) in [5.74, 6) is 0.367. The molecule has 1 heterocycles. The molecule has 3 rings (SSSR count). The van der Waals surface area contributed by atoms with Crippen molar-refractivity contribution in [3.05, 3.63) is 62.9 Å². The molecule has 0 aliphatic rings. The average molecular weight is 399 g/mol. The van der Waals surface area contributed by atoms with Gasteiger partial charge in [0, 0.05) is 24.2 Å². The van der Waals surface area contributed by atoms with E-state index in [1.54, 1.807) is 30.3 Å². The predicted molar refractivity (Wildman–Crippen MR) is 109 cm³/mol. The highest BCUT2D eigenvalue weighted by molar-refractivity contribution is 7.16. The summed E-state index contributed by atoms with van der Waals surface area (Å²) in [5, 5.41) is 11.0. The van der Waals surface area contributed by atoms with Crippen molar-refractivity contribution in [1.82, 2.24) is 4.57 Å². The molecular weight excluding hydrogens is 378 g/mol. The maximum atomic E-state index is 12.6. The normalized spacial score (nSPS) is 11.7. The summed E-state index contributed by atoms with van der Waals surface area (Å²) in [6.45, 7) is 5.22. The Kier molecular flexibility index (Phi) is 6.20. The van der Waals surface area contributed by atoms with Crippen LogP contribution in [0.5, 0.6) is 5.75 Å². The zero-order valence-electron chi connectivity index (χ0n) is 15.8. The number of rotatable bonds is 7. The number of hydrogen-bond donors (Lipinski definition) is 0. The smallest absolute Gasteiger partial charge is 0.279 e. The van der Waals surface area contributed by atoms with Crippen LogP contribution in [0.3, 0.4) is 0 Å². The van der Waals surface area contributed by atoms with E-state index in [4.69, 9.17) is 4.74 Å². The molecule has 0 N–H and O–H groups in total. The first-order valence-corrected chi connectivity index (χ1v) is 9.94. The number of amides is 1. The lowest BCUT2D eigenvalue weighted by Gasteiger charge is -2.05. The van der Waals surface area contributed by atoms with Crippen LogP contribution in [-0.2, 0) is 6.54 Å². The fourth-order valence-electron chi connectivity index (χ4n) is 2.74. The van der Waals surface area contributed by atoms with Crippen LogP contribution in [0.2, 0.25) is 0 Å². The van der Waals surface area contributed by atoms with Gasteiger partial charge in [-0.1, -0.05) is 24.7 Å². The van der Waals surface area contributed by atoms with Gasteiger partial charge in [-0.25, -0.2) is 0 Å². The number of carbonyl (C=O) groups is 1. The summed E-state index contributed by atoms with van der Waals surface area (Å²) in [5.41, 5.74) is 1.19. The number of benzene rings is 2. The maximum Gasteiger partial charge on any atom is 0.279 e. The maximum absolute atomic E-state index is 12.6. The fourth-order valence-corrected chi connectivity index (χ4v) is 3.81. The molecule has 8 heteroatoms. The van der Waals surface area contributed by atoms with Crippen LogP contribution >= 0.6 is 11.3 Å². The lowest BCUT2D eigenvalue weighted by atomic mass is 10.2. The van der Waals surface area contributed by atoms with Crippen molar-refractivity contribution < 1.29 is 14.5 Å². The minimum Gasteiger partial charge on any atom is -0.494 e. The first-order valence-electron chi connectivity index (χ1n) is 9.13. The van der Waals surface area contributed by atoms with E-state index >= 15 is 0 Å². The van der Waals surface area contributed by atoms with Gasteiger partial charge in [-0.3, -0.25) is 14.9 Å². The SMILES string of the molecule is CCCCOc1ccc(C(=O)N=c2sc3ccc([N+](=O)[O-])cc3n2CC)cc1. The Morgan fingerprint density at radius 3 is 2.61 bits per heavy atom. The Balaban J connectivity index is 1.90. The number of unbranched alkanes of at least 4 members (excludes halogenated alkanes) is 1. The molecule has 0 saturated heterocycles. The second-order valence-corrected chi connectivity index (χ2v) is 7.19. The first kappa shape index (κ1) is 19.8. The van der Waals surface area contributed by atoms with Gasteiger partial charge in [0.2, 0.25) is 0 Å². The van der Waals surface area contributed by atoms with Crippen LogP contribution in [0.25, 0.3) is 10.2 Å². The summed E-state index contributed by atoms with van der Waals surface area (Å²) >= 11 is 1.34. The Bertz CT molecular complexity index is 1070. The van der Waals surface area contributed by atoms with E-state index in [0.29, 0.717) is 29.0 Å². The summed E-state index contributed by atoms with van der Waals surface area (Å²) in [6.07, 6.45) is 2.04. The second-order valence-electron chi connectivity index (χ2n) is 6.18. The molecule has 0 radical (unpaired) electrons. The molecule has 146 valence electrons. The number of nitrogens with zero attached hydrogens (tertiary/aromatic N) is 3. The summed E-state index contributed by atoms with van der Waals surface area (Å²) in [6, 6.07) is 11.6. The number of nitro groups is 1. The van der Waals surface area contributed by atoms with E-state index in [0.717, 1.165) is 23.3 Å². The van der Waals surface area contributed by atoms with E-state index in [1.165, 1.54) is 23.5 Å². The first-order chi connectivity index (χ1) is 13.5. The largest absolute Gasteiger partial charge is 0.494 e. The molecule has 0 aliphatic heterocycles. The van der Waals surface area contributed by atoms with Gasteiger partial charge in [-0.15, -0.1) is 0 Å². The number of fused-ring (bicyclic) bond motifs is 1. The Labute approximate surface area is 166 Å². The van der Waals surface area contributed by atoms with Gasteiger partial charge >= 0.3 is 0 Å². The Morgan fingerprint density at radius 2 is 1.96 bits per heavy atom. The number of carbonyl (C=O) groups excluding carboxylic acids is 1. The molecule has 1 aromatic heterocycles. The fraction of sp³-hybridized carbons (Fsp3) is 0.300. The van der Waals surface area contributed by atoms with Gasteiger partial charge < -0.3 is 9.30 Å². The number of nitro benzene ring substituents is 1.